The summed E-state index contributed by atoms with van der Waals surface area (Å²) in [5.41, 5.74) is 5.18. The van der Waals surface area contributed by atoms with Crippen LogP contribution in [-0.2, 0) is 4.79 Å². The lowest BCUT2D eigenvalue weighted by atomic mass is 10.1. The highest BCUT2D eigenvalue weighted by Crippen LogP contribution is 2.11. The van der Waals surface area contributed by atoms with Gasteiger partial charge in [-0.2, -0.15) is 0 Å². The van der Waals surface area contributed by atoms with E-state index in [2.05, 4.69) is 0 Å². The van der Waals surface area contributed by atoms with Crippen molar-refractivity contribution in [2.75, 3.05) is 0 Å². The number of halogens is 1. The summed E-state index contributed by atoms with van der Waals surface area (Å²) in [5, 5.41) is 8.41. The van der Waals surface area contributed by atoms with Crippen LogP contribution in [0.2, 0.25) is 0 Å². The van der Waals surface area contributed by atoms with E-state index in [1.54, 1.807) is 0 Å². The average Bonchev–Trinajstić information content (AvgIpc) is 2.04. The fourth-order valence-electron chi connectivity index (χ4n) is 1.11. The first-order valence-electron chi connectivity index (χ1n) is 4.70. The maximum Gasteiger partial charge on any atom is 0.320 e. The van der Waals surface area contributed by atoms with Crippen molar-refractivity contribution in [1.29, 1.82) is 0 Å². The summed E-state index contributed by atoms with van der Waals surface area (Å²) in [6, 6.07) is -1.06. The molecule has 0 saturated carbocycles. The molecule has 78 valence electrons. The number of carboxylic acids is 1. The Morgan fingerprint density at radius 1 is 1.54 bits per heavy atom. The summed E-state index contributed by atoms with van der Waals surface area (Å²) in [6.45, 7) is 2.04. The van der Waals surface area contributed by atoms with E-state index >= 15 is 0 Å². The standard InChI is InChI=1S/C9H18FNO2/c1-2-3-4-5-7(10)6-8(11)9(12)13/h7-8H,2-6,11H2,1H3,(H,12,13). The summed E-state index contributed by atoms with van der Waals surface area (Å²) >= 11 is 0. The predicted octanol–water partition coefficient (Wildman–Crippen LogP) is 1.71. The zero-order valence-electron chi connectivity index (χ0n) is 8.00. The first-order valence-corrected chi connectivity index (χ1v) is 4.70. The van der Waals surface area contributed by atoms with Crippen LogP contribution in [0, 0.1) is 0 Å². The highest BCUT2D eigenvalue weighted by molar-refractivity contribution is 5.73. The number of carboxylic acid groups (broad SMARTS) is 1. The molecule has 0 heterocycles. The Balaban J connectivity index is 3.49. The normalized spacial score (nSPS) is 15.3. The molecule has 13 heavy (non-hydrogen) atoms. The molecule has 0 spiro atoms. The van der Waals surface area contributed by atoms with Gasteiger partial charge in [-0.25, -0.2) is 4.39 Å². The van der Waals surface area contributed by atoms with Crippen LogP contribution in [0.25, 0.3) is 0 Å². The topological polar surface area (TPSA) is 63.3 Å². The van der Waals surface area contributed by atoms with Gasteiger partial charge >= 0.3 is 5.97 Å². The molecule has 0 bridgehead atoms. The van der Waals surface area contributed by atoms with Crippen LogP contribution >= 0.6 is 0 Å². The van der Waals surface area contributed by atoms with Crippen molar-refractivity contribution in [3.05, 3.63) is 0 Å². The van der Waals surface area contributed by atoms with Gasteiger partial charge in [-0.05, 0) is 6.42 Å². The van der Waals surface area contributed by atoms with E-state index in [1.807, 2.05) is 6.92 Å². The predicted molar refractivity (Wildman–Crippen MR) is 49.3 cm³/mol. The number of aliphatic carboxylic acids is 1. The van der Waals surface area contributed by atoms with E-state index in [0.717, 1.165) is 19.3 Å². The number of rotatable bonds is 7. The molecule has 0 saturated heterocycles. The highest BCUT2D eigenvalue weighted by atomic mass is 19.1. The van der Waals surface area contributed by atoms with Crippen LogP contribution in [0.3, 0.4) is 0 Å². The second-order valence-corrected chi connectivity index (χ2v) is 3.27. The molecular formula is C9H18FNO2. The quantitative estimate of drug-likeness (QED) is 0.602. The van der Waals surface area contributed by atoms with Crippen LogP contribution in [0.15, 0.2) is 0 Å². The molecule has 0 amide bonds. The van der Waals surface area contributed by atoms with Gasteiger partial charge in [0.05, 0.1) is 0 Å². The third kappa shape index (κ3) is 6.51. The molecule has 2 atom stereocenters. The maximum absolute atomic E-state index is 13.0. The van der Waals surface area contributed by atoms with Crippen molar-refractivity contribution in [3.63, 3.8) is 0 Å². The highest BCUT2D eigenvalue weighted by Gasteiger charge is 2.17. The molecular weight excluding hydrogens is 173 g/mol. The molecule has 3 N–H and O–H groups in total. The molecule has 4 heteroatoms. The van der Waals surface area contributed by atoms with Gasteiger partial charge in [-0.15, -0.1) is 0 Å². The average molecular weight is 191 g/mol. The van der Waals surface area contributed by atoms with Crippen LogP contribution in [0.1, 0.15) is 39.0 Å². The Bertz CT molecular complexity index is 153. The van der Waals surface area contributed by atoms with E-state index in [1.165, 1.54) is 0 Å². The van der Waals surface area contributed by atoms with Crippen molar-refractivity contribution in [2.45, 2.75) is 51.2 Å². The number of unbranched alkanes of at least 4 members (excludes halogenated alkanes) is 2. The third-order valence-corrected chi connectivity index (χ3v) is 1.95. The monoisotopic (exact) mass is 191 g/mol. The number of carbonyl (C=O) groups is 1. The van der Waals surface area contributed by atoms with Gasteiger partial charge in [-0.3, -0.25) is 4.79 Å². The Kier molecular flexibility index (Phi) is 6.49. The zero-order valence-corrected chi connectivity index (χ0v) is 8.00. The van der Waals surface area contributed by atoms with Gasteiger partial charge < -0.3 is 10.8 Å². The Morgan fingerprint density at radius 3 is 2.62 bits per heavy atom. The van der Waals surface area contributed by atoms with Gasteiger partial charge in [-0.1, -0.05) is 26.2 Å². The number of nitrogens with two attached hydrogens (primary N) is 1. The van der Waals surface area contributed by atoms with E-state index in [4.69, 9.17) is 10.8 Å². The lowest BCUT2D eigenvalue weighted by molar-refractivity contribution is -0.139. The van der Waals surface area contributed by atoms with Crippen LogP contribution in [-0.4, -0.2) is 23.3 Å². The van der Waals surface area contributed by atoms with E-state index < -0.39 is 18.2 Å². The lowest BCUT2D eigenvalue weighted by Crippen LogP contribution is -2.32. The Hall–Kier alpha value is -0.640. The second kappa shape index (κ2) is 6.83. The van der Waals surface area contributed by atoms with Gasteiger partial charge in [0.2, 0.25) is 0 Å². The van der Waals surface area contributed by atoms with Crippen LogP contribution in [0.5, 0.6) is 0 Å². The van der Waals surface area contributed by atoms with Crippen LogP contribution in [0.4, 0.5) is 4.39 Å². The molecule has 0 aliphatic rings. The van der Waals surface area contributed by atoms with Gasteiger partial charge in [0.1, 0.15) is 12.2 Å². The number of hydrogen-bond donors (Lipinski definition) is 2. The molecule has 0 aromatic rings. The Labute approximate surface area is 78.1 Å². The smallest absolute Gasteiger partial charge is 0.320 e. The van der Waals surface area contributed by atoms with Crippen molar-refractivity contribution in [3.8, 4) is 0 Å². The fourth-order valence-corrected chi connectivity index (χ4v) is 1.11. The maximum atomic E-state index is 13.0. The molecule has 0 aromatic heterocycles. The molecule has 0 aliphatic heterocycles. The molecule has 0 aromatic carbocycles. The van der Waals surface area contributed by atoms with E-state index in [9.17, 15) is 9.18 Å². The van der Waals surface area contributed by atoms with Crippen molar-refractivity contribution < 1.29 is 14.3 Å². The SMILES string of the molecule is CCCCCC(F)CC(N)C(=O)O. The first-order chi connectivity index (χ1) is 6.07. The fraction of sp³-hybridized carbons (Fsp3) is 0.889. The molecule has 2 unspecified atom stereocenters. The zero-order chi connectivity index (χ0) is 10.3. The van der Waals surface area contributed by atoms with Gasteiger partial charge in [0.15, 0.2) is 0 Å². The number of hydrogen-bond acceptors (Lipinski definition) is 2. The van der Waals surface area contributed by atoms with Crippen molar-refractivity contribution in [1.82, 2.24) is 0 Å². The largest absolute Gasteiger partial charge is 0.480 e. The molecule has 0 fully saturated rings. The van der Waals surface area contributed by atoms with Crippen LogP contribution < -0.4 is 5.73 Å². The third-order valence-electron chi connectivity index (χ3n) is 1.95. The summed E-state index contributed by atoms with van der Waals surface area (Å²) in [4.78, 5) is 10.3. The van der Waals surface area contributed by atoms with E-state index in [0.29, 0.717) is 6.42 Å². The van der Waals surface area contributed by atoms with Crippen molar-refractivity contribution >= 4 is 5.97 Å². The van der Waals surface area contributed by atoms with Crippen molar-refractivity contribution in [2.24, 2.45) is 5.73 Å². The summed E-state index contributed by atoms with van der Waals surface area (Å²) < 4.78 is 13.0. The summed E-state index contributed by atoms with van der Waals surface area (Å²) in [7, 11) is 0. The number of alkyl halides is 1. The summed E-state index contributed by atoms with van der Waals surface area (Å²) in [6.07, 6.45) is 2.12. The minimum absolute atomic E-state index is 0.0704. The lowest BCUT2D eigenvalue weighted by Gasteiger charge is -2.10. The first kappa shape index (κ1) is 12.4. The molecule has 0 aliphatic carbocycles. The molecule has 0 rings (SSSR count). The summed E-state index contributed by atoms with van der Waals surface area (Å²) in [5.74, 6) is -1.13. The Morgan fingerprint density at radius 2 is 2.15 bits per heavy atom. The minimum atomic E-state index is -1.13. The molecule has 0 radical (unpaired) electrons. The van der Waals surface area contributed by atoms with E-state index in [-0.39, 0.29) is 6.42 Å². The molecule has 3 nitrogen and oxygen atoms in total. The minimum Gasteiger partial charge on any atom is -0.480 e. The van der Waals surface area contributed by atoms with Gasteiger partial charge in [0.25, 0.3) is 0 Å². The second-order valence-electron chi connectivity index (χ2n) is 3.27. The van der Waals surface area contributed by atoms with Gasteiger partial charge in [0, 0.05) is 6.42 Å².